The minimum Gasteiger partial charge on any atom is -0.441 e. The summed E-state index contributed by atoms with van der Waals surface area (Å²) in [6.45, 7) is 4.16. The number of nitrogens with zero attached hydrogens (tertiary/aromatic N) is 1. The van der Waals surface area contributed by atoms with Gasteiger partial charge in [0.05, 0.1) is 6.61 Å². The summed E-state index contributed by atoms with van der Waals surface area (Å²) in [6, 6.07) is 3.98. The molecule has 1 aromatic rings. The molecule has 16 heavy (non-hydrogen) atoms. The van der Waals surface area contributed by atoms with Gasteiger partial charge >= 0.3 is 0 Å². The SMILES string of the molecule is CC(=Cc1ccc(N2CCCCC2)o1)CO. The molecule has 88 valence electrons. The molecule has 0 spiro atoms. The predicted molar refractivity (Wildman–Crippen MR) is 65.5 cm³/mol. The zero-order valence-electron chi connectivity index (χ0n) is 9.78. The van der Waals surface area contributed by atoms with Gasteiger partial charge in [-0.1, -0.05) is 0 Å². The van der Waals surface area contributed by atoms with Gasteiger partial charge in [0, 0.05) is 19.2 Å². The number of aliphatic hydroxyl groups excluding tert-OH is 1. The van der Waals surface area contributed by atoms with Crippen LogP contribution < -0.4 is 4.90 Å². The average molecular weight is 221 g/mol. The normalized spacial score (nSPS) is 17.9. The highest BCUT2D eigenvalue weighted by Gasteiger charge is 2.13. The van der Waals surface area contributed by atoms with Crippen LogP contribution in [0.1, 0.15) is 31.9 Å². The van der Waals surface area contributed by atoms with Crippen LogP contribution in [0.15, 0.2) is 22.1 Å². The van der Waals surface area contributed by atoms with E-state index in [4.69, 9.17) is 9.52 Å². The highest BCUT2D eigenvalue weighted by atomic mass is 16.4. The van der Waals surface area contributed by atoms with Crippen molar-refractivity contribution in [2.24, 2.45) is 0 Å². The van der Waals surface area contributed by atoms with Gasteiger partial charge in [0.25, 0.3) is 0 Å². The maximum absolute atomic E-state index is 8.93. The van der Waals surface area contributed by atoms with Crippen LogP contribution >= 0.6 is 0 Å². The van der Waals surface area contributed by atoms with Crippen molar-refractivity contribution in [1.29, 1.82) is 0 Å². The molecule has 0 bridgehead atoms. The second-order valence-corrected chi connectivity index (χ2v) is 4.37. The Morgan fingerprint density at radius 3 is 2.81 bits per heavy atom. The molecule has 3 heteroatoms. The van der Waals surface area contributed by atoms with Crippen LogP contribution in [0.4, 0.5) is 5.88 Å². The van der Waals surface area contributed by atoms with Gasteiger partial charge in [-0.3, -0.25) is 0 Å². The minimum absolute atomic E-state index is 0.0831. The summed E-state index contributed by atoms with van der Waals surface area (Å²) in [7, 11) is 0. The lowest BCUT2D eigenvalue weighted by molar-refractivity contribution is 0.332. The van der Waals surface area contributed by atoms with Crippen molar-refractivity contribution in [3.05, 3.63) is 23.5 Å². The van der Waals surface area contributed by atoms with Gasteiger partial charge in [-0.15, -0.1) is 0 Å². The molecular formula is C13H19NO2. The predicted octanol–water partition coefficient (Wildman–Crippen LogP) is 2.67. The van der Waals surface area contributed by atoms with Crippen molar-refractivity contribution in [2.45, 2.75) is 26.2 Å². The summed E-state index contributed by atoms with van der Waals surface area (Å²) >= 11 is 0. The molecule has 3 nitrogen and oxygen atoms in total. The second kappa shape index (κ2) is 5.21. The Kier molecular flexibility index (Phi) is 3.67. The largest absolute Gasteiger partial charge is 0.441 e. The Hall–Kier alpha value is -1.22. The van der Waals surface area contributed by atoms with Gasteiger partial charge < -0.3 is 14.4 Å². The van der Waals surface area contributed by atoms with Crippen molar-refractivity contribution >= 4 is 12.0 Å². The summed E-state index contributed by atoms with van der Waals surface area (Å²) in [5.41, 5.74) is 0.916. The summed E-state index contributed by atoms with van der Waals surface area (Å²) in [5.74, 6) is 1.78. The van der Waals surface area contributed by atoms with Gasteiger partial charge in [-0.2, -0.15) is 0 Å². The highest BCUT2D eigenvalue weighted by molar-refractivity contribution is 5.51. The lowest BCUT2D eigenvalue weighted by Gasteiger charge is -2.25. The molecule has 0 atom stereocenters. The Morgan fingerprint density at radius 1 is 1.38 bits per heavy atom. The van der Waals surface area contributed by atoms with Crippen molar-refractivity contribution < 1.29 is 9.52 Å². The highest BCUT2D eigenvalue weighted by Crippen LogP contribution is 2.23. The minimum atomic E-state index is 0.0831. The maximum atomic E-state index is 8.93. The topological polar surface area (TPSA) is 36.6 Å². The van der Waals surface area contributed by atoms with Crippen LogP contribution in [0, 0.1) is 0 Å². The number of hydrogen-bond acceptors (Lipinski definition) is 3. The molecule has 1 aromatic heterocycles. The molecule has 0 unspecified atom stereocenters. The van der Waals surface area contributed by atoms with Gasteiger partial charge in [0.15, 0.2) is 5.88 Å². The van der Waals surface area contributed by atoms with Crippen LogP contribution in [0.5, 0.6) is 0 Å². The number of piperidine rings is 1. The molecule has 0 saturated carbocycles. The van der Waals surface area contributed by atoms with Crippen molar-refractivity contribution in [3.63, 3.8) is 0 Å². The number of furan rings is 1. The number of anilines is 1. The molecule has 1 aliphatic rings. The zero-order chi connectivity index (χ0) is 11.4. The monoisotopic (exact) mass is 221 g/mol. The van der Waals surface area contributed by atoms with Gasteiger partial charge in [0.1, 0.15) is 5.76 Å². The molecule has 1 saturated heterocycles. The molecule has 1 aliphatic heterocycles. The smallest absolute Gasteiger partial charge is 0.196 e. The fourth-order valence-corrected chi connectivity index (χ4v) is 1.99. The average Bonchev–Trinajstić information content (AvgIpc) is 2.78. The summed E-state index contributed by atoms with van der Waals surface area (Å²) in [5, 5.41) is 8.93. The summed E-state index contributed by atoms with van der Waals surface area (Å²) in [4.78, 5) is 2.29. The molecule has 0 aromatic carbocycles. The number of aliphatic hydroxyl groups is 1. The lowest BCUT2D eigenvalue weighted by atomic mass is 10.1. The third-order valence-corrected chi connectivity index (χ3v) is 2.92. The van der Waals surface area contributed by atoms with Crippen LogP contribution in [0.3, 0.4) is 0 Å². The van der Waals surface area contributed by atoms with Gasteiger partial charge in [-0.05, 0) is 43.9 Å². The number of rotatable bonds is 3. The van der Waals surface area contributed by atoms with E-state index in [1.54, 1.807) is 0 Å². The maximum Gasteiger partial charge on any atom is 0.196 e. The molecule has 0 amide bonds. The van der Waals surface area contributed by atoms with Crippen molar-refractivity contribution in [1.82, 2.24) is 0 Å². The Balaban J connectivity index is 2.06. The standard InChI is InChI=1S/C13H19NO2/c1-11(10-15)9-12-5-6-13(16-12)14-7-3-2-4-8-14/h5-6,9,15H,2-4,7-8,10H2,1H3. The Labute approximate surface area is 96.4 Å². The van der Waals surface area contributed by atoms with E-state index in [2.05, 4.69) is 4.90 Å². The van der Waals surface area contributed by atoms with Gasteiger partial charge in [0.2, 0.25) is 0 Å². The second-order valence-electron chi connectivity index (χ2n) is 4.37. The quantitative estimate of drug-likeness (QED) is 0.852. The Morgan fingerprint density at radius 2 is 2.12 bits per heavy atom. The van der Waals surface area contributed by atoms with E-state index in [0.717, 1.165) is 30.3 Å². The van der Waals surface area contributed by atoms with E-state index in [1.165, 1.54) is 19.3 Å². The Bertz CT molecular complexity index is 362. The number of hydrogen-bond donors (Lipinski definition) is 1. The van der Waals surface area contributed by atoms with Crippen LogP contribution in [-0.4, -0.2) is 24.8 Å². The van der Waals surface area contributed by atoms with E-state index < -0.39 is 0 Å². The van der Waals surface area contributed by atoms with Gasteiger partial charge in [-0.25, -0.2) is 0 Å². The molecule has 0 aliphatic carbocycles. The first-order chi connectivity index (χ1) is 7.79. The lowest BCUT2D eigenvalue weighted by Crippen LogP contribution is -2.28. The van der Waals surface area contributed by atoms with E-state index in [1.807, 2.05) is 25.1 Å². The summed E-state index contributed by atoms with van der Waals surface area (Å²) < 4.78 is 5.73. The fourth-order valence-electron chi connectivity index (χ4n) is 1.99. The molecule has 2 heterocycles. The van der Waals surface area contributed by atoms with Crippen LogP contribution in [0.25, 0.3) is 6.08 Å². The van der Waals surface area contributed by atoms with E-state index in [0.29, 0.717) is 0 Å². The van der Waals surface area contributed by atoms with Crippen LogP contribution in [0.2, 0.25) is 0 Å². The van der Waals surface area contributed by atoms with Crippen molar-refractivity contribution in [2.75, 3.05) is 24.6 Å². The molecule has 0 radical (unpaired) electrons. The summed E-state index contributed by atoms with van der Waals surface area (Å²) in [6.07, 6.45) is 5.71. The molecular weight excluding hydrogens is 202 g/mol. The first-order valence-electron chi connectivity index (χ1n) is 5.92. The third-order valence-electron chi connectivity index (χ3n) is 2.92. The van der Waals surface area contributed by atoms with Crippen LogP contribution in [-0.2, 0) is 0 Å². The van der Waals surface area contributed by atoms with E-state index in [9.17, 15) is 0 Å². The first-order valence-corrected chi connectivity index (χ1v) is 5.92. The zero-order valence-corrected chi connectivity index (χ0v) is 9.78. The fraction of sp³-hybridized carbons (Fsp3) is 0.538. The van der Waals surface area contributed by atoms with Crippen molar-refractivity contribution in [3.8, 4) is 0 Å². The van der Waals surface area contributed by atoms with E-state index in [-0.39, 0.29) is 6.61 Å². The third kappa shape index (κ3) is 2.67. The van der Waals surface area contributed by atoms with E-state index >= 15 is 0 Å². The molecule has 1 fully saturated rings. The molecule has 2 rings (SSSR count). The first kappa shape index (κ1) is 11.3. The molecule has 1 N–H and O–H groups in total.